The number of hydrogen-bond donors (Lipinski definition) is 3. The molecule has 0 amide bonds. The molecule has 1 saturated heterocycles. The molecule has 0 aliphatic carbocycles. The van der Waals surface area contributed by atoms with Gasteiger partial charge in [0.15, 0.2) is 15.7 Å². The molecule has 226 valence electrons. The zero-order valence-corrected chi connectivity index (χ0v) is 26.1. The van der Waals surface area contributed by atoms with E-state index in [1.807, 2.05) is 31.7 Å². The van der Waals surface area contributed by atoms with Gasteiger partial charge in [-0.1, -0.05) is 23.7 Å². The van der Waals surface area contributed by atoms with Gasteiger partial charge in [-0.05, 0) is 102 Å². The molecule has 0 saturated carbocycles. The molecule has 1 fully saturated rings. The maximum atomic E-state index is 12.9. The number of nitrogens with one attached hydrogen (secondary N) is 2. The van der Waals surface area contributed by atoms with E-state index in [2.05, 4.69) is 26.7 Å². The van der Waals surface area contributed by atoms with Crippen molar-refractivity contribution in [1.29, 1.82) is 0 Å². The van der Waals surface area contributed by atoms with Gasteiger partial charge in [0.05, 0.1) is 40.4 Å². The molecule has 4 rings (SSSR count). The Morgan fingerprint density at radius 1 is 1.12 bits per heavy atom. The van der Waals surface area contributed by atoms with Crippen molar-refractivity contribution < 1.29 is 23.1 Å². The third-order valence-corrected chi connectivity index (χ3v) is 9.66. The highest BCUT2D eigenvalue weighted by Crippen LogP contribution is 2.38. The molecule has 1 aromatic heterocycles. The summed E-state index contributed by atoms with van der Waals surface area (Å²) in [5.41, 5.74) is 3.31. The number of hydrogen-bond acceptors (Lipinski definition) is 9. The number of rotatable bonds is 11. The number of likely N-dealkylation sites (tertiary alicyclic amines) is 1. The first kappa shape index (κ1) is 31.5. The maximum absolute atomic E-state index is 12.9. The van der Waals surface area contributed by atoms with Crippen LogP contribution in [0.15, 0.2) is 47.5 Å². The molecule has 0 atom stereocenters. The van der Waals surface area contributed by atoms with E-state index in [-0.39, 0.29) is 34.3 Å². The number of aryl methyl sites for hydroxylation is 1. The van der Waals surface area contributed by atoms with E-state index in [9.17, 15) is 13.2 Å². The lowest BCUT2D eigenvalue weighted by atomic mass is 9.86. The normalized spacial score (nSPS) is 14.8. The molecule has 12 heteroatoms. The van der Waals surface area contributed by atoms with Crippen LogP contribution in [0, 0.1) is 6.92 Å². The Morgan fingerprint density at radius 2 is 1.81 bits per heavy atom. The van der Waals surface area contributed by atoms with E-state index in [0.717, 1.165) is 31.5 Å². The predicted octanol–water partition coefficient (Wildman–Crippen LogP) is 6.16. The summed E-state index contributed by atoms with van der Waals surface area (Å²) in [5, 5.41) is 15.1. The second-order valence-corrected chi connectivity index (χ2v) is 13.9. The zero-order valence-electron chi connectivity index (χ0n) is 24.5. The minimum Gasteiger partial charge on any atom is -0.489 e. The average molecular weight is 616 g/mol. The van der Waals surface area contributed by atoms with Crippen molar-refractivity contribution in [2.75, 3.05) is 30.3 Å². The van der Waals surface area contributed by atoms with Gasteiger partial charge < -0.3 is 20.5 Å². The first-order valence-electron chi connectivity index (χ1n) is 14.0. The monoisotopic (exact) mass is 615 g/mol. The van der Waals surface area contributed by atoms with Gasteiger partial charge in [-0.3, -0.25) is 9.69 Å². The lowest BCUT2D eigenvalue weighted by molar-refractivity contribution is -0.138. The fourth-order valence-electron chi connectivity index (χ4n) is 5.02. The summed E-state index contributed by atoms with van der Waals surface area (Å²) in [6.07, 6.45) is 3.10. The largest absolute Gasteiger partial charge is 0.489 e. The highest BCUT2D eigenvalue weighted by Gasteiger charge is 2.25. The lowest BCUT2D eigenvalue weighted by Crippen LogP contribution is -2.36. The van der Waals surface area contributed by atoms with Crippen molar-refractivity contribution >= 4 is 50.5 Å². The van der Waals surface area contributed by atoms with Crippen molar-refractivity contribution in [1.82, 2.24) is 14.9 Å². The van der Waals surface area contributed by atoms with Crippen molar-refractivity contribution in [2.24, 2.45) is 0 Å². The summed E-state index contributed by atoms with van der Waals surface area (Å²) >= 11 is 6.42. The van der Waals surface area contributed by atoms with Gasteiger partial charge in [-0.2, -0.15) is 4.98 Å². The van der Waals surface area contributed by atoms with Gasteiger partial charge >= 0.3 is 5.97 Å². The van der Waals surface area contributed by atoms with E-state index < -0.39 is 21.1 Å². The Kier molecular flexibility index (Phi) is 9.96. The number of carbonyl (C=O) groups is 1. The van der Waals surface area contributed by atoms with Crippen LogP contribution >= 0.6 is 11.6 Å². The topological polar surface area (TPSA) is 134 Å². The Labute approximate surface area is 252 Å². The zero-order chi connectivity index (χ0) is 30.6. The number of carboxylic acid groups (broad SMARTS) is 1. The highest BCUT2D eigenvalue weighted by molar-refractivity contribution is 7.92. The number of piperidine rings is 1. The predicted molar refractivity (Wildman–Crippen MR) is 165 cm³/mol. The SMILES string of the molecule is Cc1cc(Nc2ncc(Cl)c(Nc3ccccc3S(=O)(=O)C(C)C)n2)c(OC(C)C)cc1C1CCN(CC(=O)O)CC1. The number of aliphatic carboxylic acids is 1. The molecule has 3 N–H and O–H groups in total. The summed E-state index contributed by atoms with van der Waals surface area (Å²) < 4.78 is 32.1. The number of halogens is 1. The van der Waals surface area contributed by atoms with Crippen LogP contribution in [0.3, 0.4) is 0 Å². The van der Waals surface area contributed by atoms with Crippen LogP contribution in [0.5, 0.6) is 5.75 Å². The van der Waals surface area contributed by atoms with Gasteiger partial charge in [0, 0.05) is 0 Å². The van der Waals surface area contributed by atoms with Crippen LogP contribution < -0.4 is 15.4 Å². The summed E-state index contributed by atoms with van der Waals surface area (Å²) in [7, 11) is -3.55. The van der Waals surface area contributed by atoms with Gasteiger partial charge in [0.1, 0.15) is 10.8 Å². The Bertz CT molecular complexity index is 1540. The molecule has 2 aromatic carbocycles. The second kappa shape index (κ2) is 13.3. The van der Waals surface area contributed by atoms with Crippen LogP contribution in [0.25, 0.3) is 0 Å². The summed E-state index contributed by atoms with van der Waals surface area (Å²) in [5.74, 6) is 0.658. The van der Waals surface area contributed by atoms with Gasteiger partial charge in [0.25, 0.3) is 0 Å². The van der Waals surface area contributed by atoms with E-state index in [1.54, 1.807) is 38.1 Å². The number of sulfone groups is 1. The maximum Gasteiger partial charge on any atom is 0.317 e. The third-order valence-electron chi connectivity index (χ3n) is 7.18. The number of benzene rings is 2. The van der Waals surface area contributed by atoms with Gasteiger partial charge in [-0.15, -0.1) is 0 Å². The number of carboxylic acids is 1. The van der Waals surface area contributed by atoms with Gasteiger partial charge in [0.2, 0.25) is 5.95 Å². The van der Waals surface area contributed by atoms with Crippen LogP contribution in [-0.4, -0.2) is 65.3 Å². The number of nitrogens with zero attached hydrogens (tertiary/aromatic N) is 3. The van der Waals surface area contributed by atoms with Crippen molar-refractivity contribution in [2.45, 2.75) is 69.6 Å². The van der Waals surface area contributed by atoms with Crippen LogP contribution in [0.2, 0.25) is 5.02 Å². The molecule has 3 aromatic rings. The lowest BCUT2D eigenvalue weighted by Gasteiger charge is -2.32. The number of para-hydroxylation sites is 1. The van der Waals surface area contributed by atoms with E-state index in [0.29, 0.717) is 23.0 Å². The molecule has 1 aliphatic rings. The number of anilines is 4. The second-order valence-electron chi connectivity index (χ2n) is 11.0. The molecule has 10 nitrogen and oxygen atoms in total. The Hall–Kier alpha value is -3.41. The molecule has 2 heterocycles. The van der Waals surface area contributed by atoms with E-state index >= 15 is 0 Å². The summed E-state index contributed by atoms with van der Waals surface area (Å²) in [6, 6.07) is 10.7. The minimum atomic E-state index is -3.55. The summed E-state index contributed by atoms with van der Waals surface area (Å²) in [6.45, 7) is 10.8. The molecular formula is C30H38ClN5O5S. The fourth-order valence-corrected chi connectivity index (χ4v) is 6.36. The Morgan fingerprint density at radius 3 is 2.45 bits per heavy atom. The molecule has 0 unspecified atom stereocenters. The molecule has 1 aliphatic heterocycles. The number of ether oxygens (including phenoxy) is 1. The highest BCUT2D eigenvalue weighted by atomic mass is 35.5. The molecule has 0 bridgehead atoms. The van der Waals surface area contributed by atoms with Crippen molar-refractivity contribution in [3.05, 3.63) is 58.7 Å². The minimum absolute atomic E-state index is 0.0628. The number of aromatic nitrogens is 2. The van der Waals surface area contributed by atoms with Crippen molar-refractivity contribution in [3.63, 3.8) is 0 Å². The van der Waals surface area contributed by atoms with Crippen LogP contribution in [-0.2, 0) is 14.6 Å². The molecule has 0 radical (unpaired) electrons. The van der Waals surface area contributed by atoms with E-state index in [4.69, 9.17) is 21.4 Å². The smallest absolute Gasteiger partial charge is 0.317 e. The molecular weight excluding hydrogens is 578 g/mol. The van der Waals surface area contributed by atoms with Crippen molar-refractivity contribution in [3.8, 4) is 5.75 Å². The fraction of sp³-hybridized carbons (Fsp3) is 0.433. The molecule has 0 spiro atoms. The van der Waals surface area contributed by atoms with Gasteiger partial charge in [-0.25, -0.2) is 13.4 Å². The first-order valence-corrected chi connectivity index (χ1v) is 15.9. The first-order chi connectivity index (χ1) is 19.8. The van der Waals surface area contributed by atoms with Crippen LogP contribution in [0.1, 0.15) is 57.6 Å². The average Bonchev–Trinajstić information content (AvgIpc) is 2.92. The van der Waals surface area contributed by atoms with E-state index in [1.165, 1.54) is 11.8 Å². The van der Waals surface area contributed by atoms with Crippen LogP contribution in [0.4, 0.5) is 23.1 Å². The third kappa shape index (κ3) is 7.50. The standard InChI is InChI=1S/C30H38ClN5O5S/c1-18(2)41-26-15-22(21-10-12-36(13-11-21)17-28(37)38)20(5)14-25(26)34-30-32-16-23(31)29(35-30)33-24-8-6-7-9-27(24)42(39,40)19(3)4/h6-9,14-16,18-19,21H,10-13,17H2,1-5H3,(H,37,38)(H2,32,33,34,35). The summed E-state index contributed by atoms with van der Waals surface area (Å²) in [4.78, 5) is 22.1. The molecule has 42 heavy (non-hydrogen) atoms. The Balaban J connectivity index is 1.61. The quantitative estimate of drug-likeness (QED) is 0.230.